The Bertz CT molecular complexity index is 1040. The third-order valence-electron chi connectivity index (χ3n) is 4.15. The van der Waals surface area contributed by atoms with Gasteiger partial charge in [-0.3, -0.25) is 9.48 Å². The molecule has 9 heteroatoms. The summed E-state index contributed by atoms with van der Waals surface area (Å²) in [6, 6.07) is 7.81. The summed E-state index contributed by atoms with van der Waals surface area (Å²) in [5.41, 5.74) is -2.03. The average Bonchev–Trinajstić information content (AvgIpc) is 2.99. The van der Waals surface area contributed by atoms with E-state index in [2.05, 4.69) is 10.4 Å². The Hall–Kier alpha value is -3.23. The van der Waals surface area contributed by atoms with Gasteiger partial charge in [-0.1, -0.05) is 18.2 Å². The summed E-state index contributed by atoms with van der Waals surface area (Å²) in [6.07, 6.45) is -4.80. The molecule has 2 aromatic carbocycles. The van der Waals surface area contributed by atoms with E-state index in [1.807, 2.05) is 0 Å². The van der Waals surface area contributed by atoms with E-state index in [4.69, 9.17) is 0 Å². The topological polar surface area (TPSA) is 46.9 Å². The van der Waals surface area contributed by atoms with E-state index < -0.39 is 34.8 Å². The van der Waals surface area contributed by atoms with Crippen LogP contribution in [-0.2, 0) is 13.2 Å². The number of amides is 1. The second-order valence-corrected chi connectivity index (χ2v) is 6.08. The molecular formula is C19H14F5N3O. The van der Waals surface area contributed by atoms with Crippen LogP contribution in [0.4, 0.5) is 27.6 Å². The molecule has 1 amide bonds. The third kappa shape index (κ3) is 3.60. The average molecular weight is 395 g/mol. The Morgan fingerprint density at radius 3 is 2.36 bits per heavy atom. The van der Waals surface area contributed by atoms with E-state index in [1.54, 1.807) is 13.0 Å². The summed E-state index contributed by atoms with van der Waals surface area (Å²) in [7, 11) is 1.28. The van der Waals surface area contributed by atoms with E-state index in [1.165, 1.54) is 13.1 Å². The number of halogens is 5. The van der Waals surface area contributed by atoms with Crippen LogP contribution in [-0.4, -0.2) is 15.7 Å². The van der Waals surface area contributed by atoms with Crippen molar-refractivity contribution in [3.05, 3.63) is 70.9 Å². The number of aryl methyl sites for hydroxylation is 2. The second-order valence-electron chi connectivity index (χ2n) is 6.08. The minimum absolute atomic E-state index is 0.0680. The lowest BCUT2D eigenvalue weighted by Gasteiger charge is -2.13. The van der Waals surface area contributed by atoms with Crippen LogP contribution in [0.3, 0.4) is 0 Å². The summed E-state index contributed by atoms with van der Waals surface area (Å²) in [5.74, 6) is -2.60. The third-order valence-corrected chi connectivity index (χ3v) is 4.15. The SMILES string of the molecule is Cc1cccc(F)c1NC(=O)c1cc(-c2c(F)cccc2C(F)(F)F)n(C)n1. The van der Waals surface area contributed by atoms with Crippen LogP contribution in [0.5, 0.6) is 0 Å². The largest absolute Gasteiger partial charge is 0.417 e. The number of aromatic nitrogens is 2. The van der Waals surface area contributed by atoms with Crippen molar-refractivity contribution in [3.8, 4) is 11.3 Å². The van der Waals surface area contributed by atoms with E-state index in [0.29, 0.717) is 5.56 Å². The van der Waals surface area contributed by atoms with Gasteiger partial charge in [0.2, 0.25) is 0 Å². The predicted octanol–water partition coefficient (Wildman–Crippen LogP) is 4.94. The summed E-state index contributed by atoms with van der Waals surface area (Å²) in [4.78, 5) is 12.4. The maximum atomic E-state index is 14.2. The number of rotatable bonds is 3. The number of nitrogens with zero attached hydrogens (tertiary/aromatic N) is 2. The molecule has 0 atom stereocenters. The Kier molecular flexibility index (Phi) is 4.93. The number of nitrogens with one attached hydrogen (secondary N) is 1. The first-order valence-electron chi connectivity index (χ1n) is 8.06. The summed E-state index contributed by atoms with van der Waals surface area (Å²) >= 11 is 0. The fourth-order valence-electron chi connectivity index (χ4n) is 2.80. The monoisotopic (exact) mass is 395 g/mol. The zero-order chi connectivity index (χ0) is 20.6. The molecule has 0 fully saturated rings. The Morgan fingerprint density at radius 1 is 1.07 bits per heavy atom. The van der Waals surface area contributed by atoms with E-state index in [-0.39, 0.29) is 17.1 Å². The minimum Gasteiger partial charge on any atom is -0.318 e. The van der Waals surface area contributed by atoms with Crippen molar-refractivity contribution in [2.45, 2.75) is 13.1 Å². The highest BCUT2D eigenvalue weighted by molar-refractivity contribution is 6.04. The lowest BCUT2D eigenvalue weighted by Crippen LogP contribution is -2.15. The first kappa shape index (κ1) is 19.5. The highest BCUT2D eigenvalue weighted by atomic mass is 19.4. The molecule has 28 heavy (non-hydrogen) atoms. The predicted molar refractivity (Wildman–Crippen MR) is 92.7 cm³/mol. The Balaban J connectivity index is 2.03. The molecule has 0 aliphatic rings. The molecule has 4 nitrogen and oxygen atoms in total. The first-order valence-corrected chi connectivity index (χ1v) is 8.06. The summed E-state index contributed by atoms with van der Waals surface area (Å²) in [5, 5.41) is 6.20. The van der Waals surface area contributed by atoms with Gasteiger partial charge in [0.25, 0.3) is 5.91 Å². The molecule has 0 aliphatic heterocycles. The zero-order valence-corrected chi connectivity index (χ0v) is 14.7. The number of hydrogen-bond donors (Lipinski definition) is 1. The Labute approximate surface area is 156 Å². The molecule has 1 N–H and O–H groups in total. The van der Waals surface area contributed by atoms with Gasteiger partial charge in [0, 0.05) is 12.6 Å². The molecule has 3 rings (SSSR count). The van der Waals surface area contributed by atoms with Gasteiger partial charge < -0.3 is 5.32 Å². The molecule has 0 saturated heterocycles. The van der Waals surface area contributed by atoms with Crippen molar-refractivity contribution in [2.75, 3.05) is 5.32 Å². The fraction of sp³-hybridized carbons (Fsp3) is 0.158. The number of anilines is 1. The standard InChI is InChI=1S/C19H14F5N3O/c1-10-5-3-8-13(21)17(10)25-18(28)14-9-15(27(2)26-14)16-11(19(22,23)24)6-4-7-12(16)20/h3-9H,1-2H3,(H,25,28). The smallest absolute Gasteiger partial charge is 0.318 e. The highest BCUT2D eigenvalue weighted by Gasteiger charge is 2.36. The van der Waals surface area contributed by atoms with Crippen molar-refractivity contribution >= 4 is 11.6 Å². The van der Waals surface area contributed by atoms with Crippen molar-refractivity contribution in [1.29, 1.82) is 0 Å². The van der Waals surface area contributed by atoms with Crippen LogP contribution in [0.1, 0.15) is 21.6 Å². The van der Waals surface area contributed by atoms with Gasteiger partial charge >= 0.3 is 6.18 Å². The molecule has 0 aliphatic carbocycles. The lowest BCUT2D eigenvalue weighted by molar-refractivity contribution is -0.137. The van der Waals surface area contributed by atoms with Crippen LogP contribution in [0.25, 0.3) is 11.3 Å². The quantitative estimate of drug-likeness (QED) is 0.639. The number of benzene rings is 2. The van der Waals surface area contributed by atoms with Crippen molar-refractivity contribution in [3.63, 3.8) is 0 Å². The van der Waals surface area contributed by atoms with Gasteiger partial charge in [-0.15, -0.1) is 0 Å². The normalized spacial score (nSPS) is 11.5. The number of carbonyl (C=O) groups excluding carboxylic acids is 1. The molecule has 146 valence electrons. The molecule has 0 unspecified atom stereocenters. The van der Waals surface area contributed by atoms with Crippen molar-refractivity contribution in [2.24, 2.45) is 7.05 Å². The van der Waals surface area contributed by atoms with Gasteiger partial charge in [-0.05, 0) is 36.8 Å². The Morgan fingerprint density at radius 2 is 1.71 bits per heavy atom. The molecule has 3 aromatic rings. The van der Waals surface area contributed by atoms with Crippen molar-refractivity contribution < 1.29 is 26.7 Å². The summed E-state index contributed by atoms with van der Waals surface area (Å²) in [6.45, 7) is 1.58. The zero-order valence-electron chi connectivity index (χ0n) is 14.7. The van der Waals surface area contributed by atoms with E-state index >= 15 is 0 Å². The molecule has 0 saturated carbocycles. The van der Waals surface area contributed by atoms with Gasteiger partial charge in [-0.25, -0.2) is 8.78 Å². The van der Waals surface area contributed by atoms with Crippen LogP contribution in [0, 0.1) is 18.6 Å². The van der Waals surface area contributed by atoms with Gasteiger partial charge in [0.05, 0.1) is 16.9 Å². The number of hydrogen-bond acceptors (Lipinski definition) is 2. The number of carbonyl (C=O) groups is 1. The van der Waals surface area contributed by atoms with Crippen LogP contribution in [0.15, 0.2) is 42.5 Å². The molecule has 1 aromatic heterocycles. The number of para-hydroxylation sites is 1. The molecule has 0 spiro atoms. The van der Waals surface area contributed by atoms with E-state index in [9.17, 15) is 26.7 Å². The summed E-state index contributed by atoms with van der Waals surface area (Å²) < 4.78 is 68.9. The maximum absolute atomic E-state index is 14.2. The lowest BCUT2D eigenvalue weighted by atomic mass is 10.0. The molecule has 0 radical (unpaired) electrons. The highest BCUT2D eigenvalue weighted by Crippen LogP contribution is 2.38. The first-order chi connectivity index (χ1) is 13.1. The molecular weight excluding hydrogens is 381 g/mol. The molecule has 1 heterocycles. The van der Waals surface area contributed by atoms with Gasteiger partial charge in [-0.2, -0.15) is 18.3 Å². The van der Waals surface area contributed by atoms with Crippen LogP contribution in [0.2, 0.25) is 0 Å². The second kappa shape index (κ2) is 7.06. The van der Waals surface area contributed by atoms with Gasteiger partial charge in [0.1, 0.15) is 11.6 Å². The maximum Gasteiger partial charge on any atom is 0.417 e. The van der Waals surface area contributed by atoms with Crippen LogP contribution < -0.4 is 5.32 Å². The minimum atomic E-state index is -4.80. The fourth-order valence-corrected chi connectivity index (χ4v) is 2.80. The van der Waals surface area contributed by atoms with E-state index in [0.717, 1.165) is 35.0 Å². The number of alkyl halides is 3. The van der Waals surface area contributed by atoms with Gasteiger partial charge in [0.15, 0.2) is 5.69 Å². The van der Waals surface area contributed by atoms with Crippen molar-refractivity contribution in [1.82, 2.24) is 9.78 Å². The van der Waals surface area contributed by atoms with Crippen LogP contribution >= 0.6 is 0 Å². The molecule has 0 bridgehead atoms.